The first-order chi connectivity index (χ1) is 5.63. The number of benzene rings is 1. The molecule has 0 nitrogen and oxygen atoms in total. The summed E-state index contributed by atoms with van der Waals surface area (Å²) in [6, 6.07) is 5.58. The van der Waals surface area contributed by atoms with Gasteiger partial charge in [-0.1, -0.05) is 35.3 Å². The van der Waals surface area contributed by atoms with Crippen LogP contribution in [0.2, 0.25) is 10.0 Å². The molecule has 0 saturated carbocycles. The molecule has 0 heterocycles. The van der Waals surface area contributed by atoms with Crippen LogP contribution in [0.5, 0.6) is 0 Å². The van der Waals surface area contributed by atoms with E-state index in [4.69, 9.17) is 42.6 Å². The zero-order chi connectivity index (χ0) is 9.56. The fourth-order valence-electron chi connectivity index (χ4n) is 0.612. The van der Waals surface area contributed by atoms with Crippen molar-refractivity contribution in [3.8, 4) is 0 Å². The zero-order valence-corrected chi connectivity index (χ0v) is 12.4. The summed E-state index contributed by atoms with van der Waals surface area (Å²) >= 11 is 10.5. The predicted octanol–water partition coefficient (Wildman–Crippen LogP) is 4.68. The molecule has 0 atom stereocenters. The van der Waals surface area contributed by atoms with Gasteiger partial charge >= 0.3 is 34.5 Å². The minimum atomic E-state index is -0.931. The van der Waals surface area contributed by atoms with Crippen LogP contribution in [0.3, 0.4) is 0 Å². The third-order valence-electron chi connectivity index (χ3n) is 1.14. The van der Waals surface area contributed by atoms with Crippen LogP contribution in [-0.2, 0) is 15.1 Å². The second-order valence-electron chi connectivity index (χ2n) is 1.97. The molecule has 64 valence electrons. The molecule has 1 aromatic carbocycles. The van der Waals surface area contributed by atoms with E-state index in [-0.39, 0.29) is 0 Å². The molecule has 0 aromatic heterocycles. The van der Waals surface area contributed by atoms with Crippen LogP contribution in [0.25, 0.3) is 0 Å². The van der Waals surface area contributed by atoms with Gasteiger partial charge in [0.1, 0.15) is 0 Å². The SMILES string of the molecule is Cc1cccc(Cl)c1Cl.[Cl][Zn][Cl]. The Bertz CT molecular complexity index is 219. The summed E-state index contributed by atoms with van der Waals surface area (Å²) in [6.45, 7) is 1.92. The first-order valence-electron chi connectivity index (χ1n) is 3.16. The van der Waals surface area contributed by atoms with Crippen molar-refractivity contribution in [1.29, 1.82) is 0 Å². The van der Waals surface area contributed by atoms with Crippen LogP contribution >= 0.6 is 42.6 Å². The number of hydrogen-bond donors (Lipinski definition) is 0. The molecule has 0 aliphatic rings. The molecule has 0 unspecified atom stereocenters. The molecule has 0 radical (unpaired) electrons. The van der Waals surface area contributed by atoms with Gasteiger partial charge in [0.2, 0.25) is 0 Å². The van der Waals surface area contributed by atoms with E-state index in [0.29, 0.717) is 10.0 Å². The van der Waals surface area contributed by atoms with E-state index in [9.17, 15) is 0 Å². The van der Waals surface area contributed by atoms with E-state index < -0.39 is 15.1 Å². The maximum absolute atomic E-state index is 5.75. The van der Waals surface area contributed by atoms with Crippen molar-refractivity contribution < 1.29 is 15.1 Å². The van der Waals surface area contributed by atoms with Gasteiger partial charge in [0.15, 0.2) is 0 Å². The summed E-state index contributed by atoms with van der Waals surface area (Å²) in [6.07, 6.45) is 0. The van der Waals surface area contributed by atoms with E-state index in [1.54, 1.807) is 6.07 Å². The summed E-state index contributed by atoms with van der Waals surface area (Å²) in [5.74, 6) is 0. The van der Waals surface area contributed by atoms with Gasteiger partial charge in [-0.3, -0.25) is 0 Å². The summed E-state index contributed by atoms with van der Waals surface area (Å²) in [5.41, 5.74) is 1.02. The summed E-state index contributed by atoms with van der Waals surface area (Å²) in [4.78, 5) is 0. The molecular weight excluding hydrogens is 291 g/mol. The predicted molar refractivity (Wildman–Crippen MR) is 52.9 cm³/mol. The number of rotatable bonds is 0. The Morgan fingerprint density at radius 3 is 2.00 bits per heavy atom. The molecule has 1 rings (SSSR count). The van der Waals surface area contributed by atoms with Crippen molar-refractivity contribution in [2.24, 2.45) is 0 Å². The van der Waals surface area contributed by atoms with Gasteiger partial charge in [0.05, 0.1) is 10.0 Å². The first-order valence-corrected chi connectivity index (χ1v) is 11.7. The fraction of sp³-hybridized carbons (Fsp3) is 0.143. The third-order valence-corrected chi connectivity index (χ3v) is 2.06. The third kappa shape index (κ3) is 4.89. The Labute approximate surface area is 97.8 Å². The topological polar surface area (TPSA) is 0 Å². The van der Waals surface area contributed by atoms with Crippen molar-refractivity contribution in [1.82, 2.24) is 0 Å². The standard InChI is InChI=1S/C7H6Cl2.2ClH.Zn/c1-5-3-2-4-6(8)7(5)9;;;/h2-4H,1H3;2*1H;/q;;;+2/p-2. The summed E-state index contributed by atoms with van der Waals surface area (Å²) in [5, 5.41) is 1.27. The van der Waals surface area contributed by atoms with E-state index in [1.807, 2.05) is 19.1 Å². The molecule has 0 N–H and O–H groups in total. The molecule has 0 aliphatic carbocycles. The Morgan fingerprint density at radius 1 is 1.17 bits per heavy atom. The van der Waals surface area contributed by atoms with Crippen molar-refractivity contribution in [3.63, 3.8) is 0 Å². The van der Waals surface area contributed by atoms with Crippen LogP contribution in [0.1, 0.15) is 5.56 Å². The Kier molecular flexibility index (Phi) is 8.03. The fourth-order valence-corrected chi connectivity index (χ4v) is 0.959. The Balaban J connectivity index is 0.000000354. The van der Waals surface area contributed by atoms with Crippen LogP contribution < -0.4 is 0 Å². The van der Waals surface area contributed by atoms with Crippen molar-refractivity contribution in [3.05, 3.63) is 33.8 Å². The Morgan fingerprint density at radius 2 is 1.67 bits per heavy atom. The van der Waals surface area contributed by atoms with E-state index >= 15 is 0 Å². The van der Waals surface area contributed by atoms with Crippen LogP contribution in [0.4, 0.5) is 0 Å². The molecule has 0 bridgehead atoms. The van der Waals surface area contributed by atoms with E-state index in [2.05, 4.69) is 0 Å². The molecule has 5 heteroatoms. The maximum atomic E-state index is 5.75. The number of hydrogen-bond acceptors (Lipinski definition) is 0. The average Bonchev–Trinajstić information content (AvgIpc) is 2.02. The summed E-state index contributed by atoms with van der Waals surface area (Å²) in [7, 11) is 9.90. The van der Waals surface area contributed by atoms with Gasteiger partial charge in [-0.05, 0) is 18.6 Å². The van der Waals surface area contributed by atoms with Gasteiger partial charge in [-0.15, -0.1) is 0 Å². The van der Waals surface area contributed by atoms with Crippen molar-refractivity contribution in [2.75, 3.05) is 0 Å². The van der Waals surface area contributed by atoms with Gasteiger partial charge < -0.3 is 0 Å². The second kappa shape index (κ2) is 7.41. The minimum absolute atomic E-state index is 0.622. The molecule has 0 saturated heterocycles. The van der Waals surface area contributed by atoms with Gasteiger partial charge in [-0.25, -0.2) is 0 Å². The zero-order valence-electron chi connectivity index (χ0n) is 6.45. The van der Waals surface area contributed by atoms with Crippen molar-refractivity contribution >= 4 is 42.6 Å². The molecule has 12 heavy (non-hydrogen) atoms. The molecule has 0 amide bonds. The molecule has 0 aliphatic heterocycles. The molecule has 1 aromatic rings. The summed E-state index contributed by atoms with van der Waals surface area (Å²) < 4.78 is 0. The molecule has 0 fully saturated rings. The Hall–Kier alpha value is 1.00. The molecule has 0 spiro atoms. The van der Waals surface area contributed by atoms with Crippen LogP contribution in [0.15, 0.2) is 18.2 Å². The normalized spacial score (nSPS) is 8.08. The van der Waals surface area contributed by atoms with Crippen molar-refractivity contribution in [2.45, 2.75) is 6.92 Å². The number of halogens is 4. The van der Waals surface area contributed by atoms with Gasteiger partial charge in [-0.2, -0.15) is 0 Å². The molecular formula is C7H6Cl4Zn. The van der Waals surface area contributed by atoms with E-state index in [0.717, 1.165) is 5.56 Å². The quantitative estimate of drug-likeness (QED) is 0.610. The number of aryl methyl sites for hydroxylation is 1. The van der Waals surface area contributed by atoms with Gasteiger partial charge in [0.25, 0.3) is 0 Å². The van der Waals surface area contributed by atoms with Gasteiger partial charge in [0, 0.05) is 0 Å². The monoisotopic (exact) mass is 294 g/mol. The first kappa shape index (κ1) is 13.0. The second-order valence-corrected chi connectivity index (χ2v) is 7.38. The van der Waals surface area contributed by atoms with E-state index in [1.165, 1.54) is 0 Å². The average molecular weight is 297 g/mol. The van der Waals surface area contributed by atoms with Crippen LogP contribution in [-0.4, -0.2) is 0 Å². The van der Waals surface area contributed by atoms with Crippen LogP contribution in [0, 0.1) is 6.92 Å².